The van der Waals surface area contributed by atoms with Crippen LogP contribution < -0.4 is 0 Å². The molecule has 0 bridgehead atoms. The molecule has 0 saturated carbocycles. The maximum absolute atomic E-state index is 13.9. The average Bonchev–Trinajstić information content (AvgIpc) is 2.95. The van der Waals surface area contributed by atoms with Gasteiger partial charge in [-0.2, -0.15) is 0 Å². The van der Waals surface area contributed by atoms with Crippen LogP contribution in [0.5, 0.6) is 0 Å². The summed E-state index contributed by atoms with van der Waals surface area (Å²) in [5, 5.41) is 0. The lowest BCUT2D eigenvalue weighted by atomic mass is 10.1. The molecule has 1 aliphatic heterocycles. The third-order valence-electron chi connectivity index (χ3n) is 4.65. The van der Waals surface area contributed by atoms with Crippen molar-refractivity contribution in [3.8, 4) is 0 Å². The van der Waals surface area contributed by atoms with Gasteiger partial charge in [-0.3, -0.25) is 9.80 Å². The highest BCUT2D eigenvalue weighted by molar-refractivity contribution is 5.22. The van der Waals surface area contributed by atoms with Gasteiger partial charge in [0, 0.05) is 57.2 Å². The molecule has 0 radical (unpaired) electrons. The zero-order chi connectivity index (χ0) is 16.4. The van der Waals surface area contributed by atoms with Crippen LogP contribution in [0.3, 0.4) is 0 Å². The minimum atomic E-state index is -0.387. The summed E-state index contributed by atoms with van der Waals surface area (Å²) < 4.78 is 29.3. The Morgan fingerprint density at radius 1 is 1.17 bits per heavy atom. The zero-order valence-corrected chi connectivity index (χ0v) is 13.5. The standard InChI is InChI=1S/C17H22F2N4/c1-13(15-11-14(18)3-4-16(15)19)23-9-7-22(8-10-23)12-17-20-5-6-21(17)2/h3-6,11,13H,7-10,12H2,1-2H3/t13-/m1/s1. The van der Waals surface area contributed by atoms with E-state index in [1.165, 1.54) is 12.1 Å². The fourth-order valence-electron chi connectivity index (χ4n) is 3.09. The Balaban J connectivity index is 1.60. The van der Waals surface area contributed by atoms with Gasteiger partial charge in [-0.15, -0.1) is 0 Å². The van der Waals surface area contributed by atoms with E-state index in [9.17, 15) is 8.78 Å². The number of hydrogen-bond acceptors (Lipinski definition) is 3. The van der Waals surface area contributed by atoms with E-state index in [1.54, 1.807) is 6.20 Å². The number of halogens is 2. The maximum Gasteiger partial charge on any atom is 0.128 e. The maximum atomic E-state index is 13.9. The van der Waals surface area contributed by atoms with Crippen molar-refractivity contribution >= 4 is 0 Å². The smallest absolute Gasteiger partial charge is 0.128 e. The lowest BCUT2D eigenvalue weighted by Crippen LogP contribution is -2.47. The summed E-state index contributed by atoms with van der Waals surface area (Å²) >= 11 is 0. The van der Waals surface area contributed by atoms with Gasteiger partial charge in [-0.25, -0.2) is 13.8 Å². The van der Waals surface area contributed by atoms with Crippen molar-refractivity contribution in [2.45, 2.75) is 19.5 Å². The summed E-state index contributed by atoms with van der Waals surface area (Å²) in [7, 11) is 1.99. The molecule has 0 unspecified atom stereocenters. The van der Waals surface area contributed by atoms with Gasteiger partial charge in [0.1, 0.15) is 17.5 Å². The van der Waals surface area contributed by atoms with E-state index in [2.05, 4.69) is 14.8 Å². The van der Waals surface area contributed by atoms with Crippen LogP contribution in [-0.4, -0.2) is 45.5 Å². The number of aromatic nitrogens is 2. The summed E-state index contributed by atoms with van der Waals surface area (Å²) in [5.41, 5.74) is 0.433. The Morgan fingerprint density at radius 2 is 1.91 bits per heavy atom. The molecule has 0 aliphatic carbocycles. The Hall–Kier alpha value is -1.79. The monoisotopic (exact) mass is 320 g/mol. The largest absolute Gasteiger partial charge is 0.337 e. The minimum absolute atomic E-state index is 0.124. The second kappa shape index (κ2) is 6.76. The van der Waals surface area contributed by atoms with Crippen LogP contribution in [0, 0.1) is 11.6 Å². The molecule has 1 aromatic heterocycles. The van der Waals surface area contributed by atoms with E-state index < -0.39 is 0 Å². The number of rotatable bonds is 4. The quantitative estimate of drug-likeness (QED) is 0.865. The zero-order valence-electron chi connectivity index (χ0n) is 13.5. The molecule has 4 nitrogen and oxygen atoms in total. The molecule has 2 heterocycles. The fraction of sp³-hybridized carbons (Fsp3) is 0.471. The van der Waals surface area contributed by atoms with Crippen LogP contribution >= 0.6 is 0 Å². The van der Waals surface area contributed by atoms with E-state index in [0.717, 1.165) is 44.6 Å². The van der Waals surface area contributed by atoms with Gasteiger partial charge in [0.2, 0.25) is 0 Å². The molecule has 1 saturated heterocycles. The van der Waals surface area contributed by atoms with Crippen LogP contribution in [0.15, 0.2) is 30.6 Å². The molecule has 6 heteroatoms. The fourth-order valence-corrected chi connectivity index (χ4v) is 3.09. The van der Waals surface area contributed by atoms with Crippen LogP contribution in [0.4, 0.5) is 8.78 Å². The SMILES string of the molecule is C[C@H](c1cc(F)ccc1F)N1CCN(Cc2nccn2C)CC1. The van der Waals surface area contributed by atoms with E-state index in [1.807, 2.05) is 24.7 Å². The van der Waals surface area contributed by atoms with Crippen molar-refractivity contribution in [3.05, 3.63) is 53.6 Å². The molecule has 1 fully saturated rings. The van der Waals surface area contributed by atoms with Crippen molar-refractivity contribution < 1.29 is 8.78 Å². The molecule has 1 aliphatic rings. The van der Waals surface area contributed by atoms with E-state index in [-0.39, 0.29) is 17.7 Å². The summed E-state index contributed by atoms with van der Waals surface area (Å²) in [6.07, 6.45) is 3.75. The number of nitrogens with zero attached hydrogens (tertiary/aromatic N) is 4. The van der Waals surface area contributed by atoms with Gasteiger partial charge >= 0.3 is 0 Å². The minimum Gasteiger partial charge on any atom is -0.337 e. The first-order valence-electron chi connectivity index (χ1n) is 7.92. The highest BCUT2D eigenvalue weighted by atomic mass is 19.1. The Morgan fingerprint density at radius 3 is 2.57 bits per heavy atom. The number of imidazole rings is 1. The summed E-state index contributed by atoms with van der Waals surface area (Å²) in [6.45, 7) is 6.22. The Bertz CT molecular complexity index is 662. The lowest BCUT2D eigenvalue weighted by Gasteiger charge is -2.38. The van der Waals surface area contributed by atoms with Gasteiger partial charge < -0.3 is 4.57 Å². The van der Waals surface area contributed by atoms with E-state index in [4.69, 9.17) is 0 Å². The highest BCUT2D eigenvalue weighted by Gasteiger charge is 2.24. The first kappa shape index (κ1) is 16.1. The Labute approximate surface area is 135 Å². The molecule has 0 N–H and O–H groups in total. The molecular formula is C17H22F2N4. The van der Waals surface area contributed by atoms with Crippen LogP contribution in [-0.2, 0) is 13.6 Å². The molecular weight excluding hydrogens is 298 g/mol. The predicted octanol–water partition coefficient (Wildman–Crippen LogP) is 2.58. The molecule has 124 valence electrons. The van der Waals surface area contributed by atoms with Gasteiger partial charge in [-0.05, 0) is 25.1 Å². The summed E-state index contributed by atoms with van der Waals surface area (Å²) in [5.74, 6) is 0.318. The predicted molar refractivity (Wildman–Crippen MR) is 84.8 cm³/mol. The molecule has 1 atom stereocenters. The summed E-state index contributed by atoms with van der Waals surface area (Å²) in [6, 6.07) is 3.55. The topological polar surface area (TPSA) is 24.3 Å². The van der Waals surface area contributed by atoms with Gasteiger partial charge in [0.15, 0.2) is 0 Å². The second-order valence-electron chi connectivity index (χ2n) is 6.11. The average molecular weight is 320 g/mol. The number of benzene rings is 1. The van der Waals surface area contributed by atoms with Crippen molar-refractivity contribution in [2.24, 2.45) is 7.05 Å². The normalized spacial score (nSPS) is 18.3. The van der Waals surface area contributed by atoms with Crippen molar-refractivity contribution in [3.63, 3.8) is 0 Å². The Kier molecular flexibility index (Phi) is 4.73. The number of aryl methyl sites for hydroxylation is 1. The molecule has 0 amide bonds. The summed E-state index contributed by atoms with van der Waals surface area (Å²) in [4.78, 5) is 8.89. The van der Waals surface area contributed by atoms with Crippen LogP contribution in [0.25, 0.3) is 0 Å². The molecule has 23 heavy (non-hydrogen) atoms. The first-order valence-corrected chi connectivity index (χ1v) is 7.92. The number of hydrogen-bond donors (Lipinski definition) is 0. The molecule has 2 aromatic rings. The second-order valence-corrected chi connectivity index (χ2v) is 6.11. The third-order valence-corrected chi connectivity index (χ3v) is 4.65. The van der Waals surface area contributed by atoms with Gasteiger partial charge in [0.25, 0.3) is 0 Å². The van der Waals surface area contributed by atoms with Crippen molar-refractivity contribution in [2.75, 3.05) is 26.2 Å². The van der Waals surface area contributed by atoms with Gasteiger partial charge in [-0.1, -0.05) is 0 Å². The van der Waals surface area contributed by atoms with Gasteiger partial charge in [0.05, 0.1) is 6.54 Å². The molecule has 0 spiro atoms. The first-order chi connectivity index (χ1) is 11.0. The van der Waals surface area contributed by atoms with Crippen molar-refractivity contribution in [1.29, 1.82) is 0 Å². The van der Waals surface area contributed by atoms with Crippen LogP contribution in [0.1, 0.15) is 24.4 Å². The molecule has 1 aromatic carbocycles. The molecule has 3 rings (SSSR count). The third kappa shape index (κ3) is 3.59. The number of piperazine rings is 1. The highest BCUT2D eigenvalue weighted by Crippen LogP contribution is 2.25. The van der Waals surface area contributed by atoms with Crippen molar-refractivity contribution in [1.82, 2.24) is 19.4 Å². The van der Waals surface area contributed by atoms with E-state index >= 15 is 0 Å². The van der Waals surface area contributed by atoms with Crippen LogP contribution in [0.2, 0.25) is 0 Å². The lowest BCUT2D eigenvalue weighted by molar-refractivity contribution is 0.0942. The van der Waals surface area contributed by atoms with E-state index in [0.29, 0.717) is 5.56 Å².